The van der Waals surface area contributed by atoms with E-state index in [1.165, 1.54) is 0 Å². The highest BCUT2D eigenvalue weighted by atomic mass is 16.6. The van der Waals surface area contributed by atoms with E-state index < -0.39 is 0 Å². The molecule has 0 aromatic carbocycles. The van der Waals surface area contributed by atoms with E-state index in [9.17, 15) is 0 Å². The second-order valence-electron chi connectivity index (χ2n) is 2.75. The number of ether oxygens (including phenoxy) is 2. The second kappa shape index (κ2) is 4.52. The summed E-state index contributed by atoms with van der Waals surface area (Å²) < 4.78 is 11.0. The summed E-state index contributed by atoms with van der Waals surface area (Å²) in [5.74, 6) is 0. The maximum atomic E-state index is 5.53. The Morgan fingerprint density at radius 1 is 1.36 bits per heavy atom. The van der Waals surface area contributed by atoms with E-state index in [4.69, 9.17) is 9.47 Å². The third kappa shape index (κ3) is 2.31. The molecule has 2 heteroatoms. The lowest BCUT2D eigenvalue weighted by Gasteiger charge is -2.30. The van der Waals surface area contributed by atoms with Crippen molar-refractivity contribution in [3.63, 3.8) is 0 Å². The summed E-state index contributed by atoms with van der Waals surface area (Å²) in [4.78, 5) is 0. The first kappa shape index (κ1) is 8.75. The molecule has 0 saturated carbocycles. The zero-order valence-corrected chi connectivity index (χ0v) is 7.08. The van der Waals surface area contributed by atoms with Crippen molar-refractivity contribution in [2.45, 2.75) is 32.0 Å². The van der Waals surface area contributed by atoms with Gasteiger partial charge in [-0.2, -0.15) is 0 Å². The Bertz CT molecular complexity index is 123. The van der Waals surface area contributed by atoms with Crippen LogP contribution in [0.4, 0.5) is 0 Å². The Hall–Kier alpha value is -0.340. The van der Waals surface area contributed by atoms with Crippen LogP contribution in [0.15, 0.2) is 12.7 Å². The summed E-state index contributed by atoms with van der Waals surface area (Å²) in [6.07, 6.45) is 4.34. The van der Waals surface area contributed by atoms with Gasteiger partial charge in [-0.1, -0.05) is 13.0 Å². The van der Waals surface area contributed by atoms with Crippen molar-refractivity contribution >= 4 is 0 Å². The highest BCUT2D eigenvalue weighted by molar-refractivity contribution is 4.80. The highest BCUT2D eigenvalue weighted by Crippen LogP contribution is 2.16. The summed E-state index contributed by atoms with van der Waals surface area (Å²) >= 11 is 0. The molecule has 0 aliphatic carbocycles. The molecule has 2 nitrogen and oxygen atoms in total. The molecule has 1 fully saturated rings. The zero-order valence-electron chi connectivity index (χ0n) is 7.08. The molecule has 0 aromatic heterocycles. The predicted octanol–water partition coefficient (Wildman–Crippen LogP) is 1.76. The number of rotatable bonds is 3. The van der Waals surface area contributed by atoms with E-state index in [1.54, 1.807) is 0 Å². The zero-order chi connectivity index (χ0) is 8.10. The van der Waals surface area contributed by atoms with Crippen molar-refractivity contribution in [1.82, 2.24) is 0 Å². The Morgan fingerprint density at radius 3 is 2.55 bits per heavy atom. The van der Waals surface area contributed by atoms with Gasteiger partial charge >= 0.3 is 0 Å². The van der Waals surface area contributed by atoms with Gasteiger partial charge in [0, 0.05) is 0 Å². The maximum absolute atomic E-state index is 5.53. The fourth-order valence-corrected chi connectivity index (χ4v) is 1.38. The van der Waals surface area contributed by atoms with Crippen LogP contribution in [0.1, 0.15) is 19.8 Å². The van der Waals surface area contributed by atoms with Gasteiger partial charge in [0.2, 0.25) is 0 Å². The van der Waals surface area contributed by atoms with Crippen LogP contribution < -0.4 is 0 Å². The summed E-state index contributed by atoms with van der Waals surface area (Å²) in [6.45, 7) is 7.28. The summed E-state index contributed by atoms with van der Waals surface area (Å²) in [6, 6.07) is 0. The van der Waals surface area contributed by atoms with Crippen LogP contribution in [0.3, 0.4) is 0 Å². The topological polar surface area (TPSA) is 18.5 Å². The molecule has 1 saturated heterocycles. The minimum Gasteiger partial charge on any atom is -0.373 e. The third-order valence-corrected chi connectivity index (χ3v) is 1.96. The van der Waals surface area contributed by atoms with Gasteiger partial charge in [-0.05, 0) is 12.8 Å². The minimum atomic E-state index is 0.242. The van der Waals surface area contributed by atoms with E-state index in [0.717, 1.165) is 26.1 Å². The van der Waals surface area contributed by atoms with Gasteiger partial charge in [0.25, 0.3) is 0 Å². The van der Waals surface area contributed by atoms with Gasteiger partial charge in [0.1, 0.15) is 0 Å². The lowest BCUT2D eigenvalue weighted by molar-refractivity contribution is -0.138. The number of hydrogen-bond acceptors (Lipinski definition) is 2. The van der Waals surface area contributed by atoms with E-state index in [2.05, 4.69) is 13.5 Å². The lowest BCUT2D eigenvalue weighted by atomic mass is 10.1. The first-order valence-corrected chi connectivity index (χ1v) is 4.22. The smallest absolute Gasteiger partial charge is 0.0871 e. The quantitative estimate of drug-likeness (QED) is 0.580. The van der Waals surface area contributed by atoms with Crippen molar-refractivity contribution in [1.29, 1.82) is 0 Å². The van der Waals surface area contributed by atoms with Crippen LogP contribution in [-0.2, 0) is 9.47 Å². The first-order valence-electron chi connectivity index (χ1n) is 4.22. The Labute approximate surface area is 68.2 Å². The molecule has 0 bridgehead atoms. The van der Waals surface area contributed by atoms with Crippen molar-refractivity contribution in [3.05, 3.63) is 12.7 Å². The van der Waals surface area contributed by atoms with E-state index in [1.807, 2.05) is 6.08 Å². The molecular formula is C9H16O2. The van der Waals surface area contributed by atoms with Crippen LogP contribution in [-0.4, -0.2) is 25.4 Å². The molecule has 64 valence electrons. The number of hydrogen-bond donors (Lipinski definition) is 0. The lowest BCUT2D eigenvalue weighted by Crippen LogP contribution is -2.37. The maximum Gasteiger partial charge on any atom is 0.0871 e. The van der Waals surface area contributed by atoms with Crippen LogP contribution >= 0.6 is 0 Å². The van der Waals surface area contributed by atoms with Gasteiger partial charge in [0.15, 0.2) is 0 Å². The van der Waals surface area contributed by atoms with Crippen molar-refractivity contribution in [2.24, 2.45) is 0 Å². The summed E-state index contributed by atoms with van der Waals surface area (Å²) in [5.41, 5.74) is 0. The minimum absolute atomic E-state index is 0.242. The van der Waals surface area contributed by atoms with Crippen molar-refractivity contribution in [3.8, 4) is 0 Å². The second-order valence-corrected chi connectivity index (χ2v) is 2.75. The highest BCUT2D eigenvalue weighted by Gasteiger charge is 2.23. The van der Waals surface area contributed by atoms with E-state index in [-0.39, 0.29) is 12.2 Å². The molecule has 1 aliphatic rings. The fourth-order valence-electron chi connectivity index (χ4n) is 1.38. The predicted molar refractivity (Wildman–Crippen MR) is 44.6 cm³/mol. The molecule has 1 aliphatic heterocycles. The van der Waals surface area contributed by atoms with E-state index >= 15 is 0 Å². The van der Waals surface area contributed by atoms with Crippen LogP contribution in [0.2, 0.25) is 0 Å². The monoisotopic (exact) mass is 156 g/mol. The Balaban J connectivity index is 2.37. The largest absolute Gasteiger partial charge is 0.373 e. The van der Waals surface area contributed by atoms with Gasteiger partial charge in [0.05, 0.1) is 25.4 Å². The van der Waals surface area contributed by atoms with Gasteiger partial charge in [-0.3, -0.25) is 0 Å². The summed E-state index contributed by atoms with van der Waals surface area (Å²) in [5, 5.41) is 0. The van der Waals surface area contributed by atoms with Gasteiger partial charge in [-0.25, -0.2) is 0 Å². The molecule has 1 rings (SSSR count). The Morgan fingerprint density at radius 2 is 2.00 bits per heavy atom. The molecule has 0 N–H and O–H groups in total. The van der Waals surface area contributed by atoms with Crippen LogP contribution in [0.25, 0.3) is 0 Å². The molecule has 1 heterocycles. The van der Waals surface area contributed by atoms with Crippen molar-refractivity contribution < 1.29 is 9.47 Å². The van der Waals surface area contributed by atoms with E-state index in [0.29, 0.717) is 0 Å². The normalized spacial score (nSPS) is 31.7. The average molecular weight is 156 g/mol. The third-order valence-electron chi connectivity index (χ3n) is 1.96. The average Bonchev–Trinajstić information content (AvgIpc) is 2.06. The fraction of sp³-hybridized carbons (Fsp3) is 0.778. The molecular weight excluding hydrogens is 140 g/mol. The standard InChI is InChI=1S/C9H16O2/c1-3-5-9-8(4-2)10-6-7-11-9/h3,8-9H,1,4-7H2,2H3. The molecule has 0 aromatic rings. The van der Waals surface area contributed by atoms with Gasteiger partial charge in [-0.15, -0.1) is 6.58 Å². The molecule has 2 atom stereocenters. The van der Waals surface area contributed by atoms with Crippen molar-refractivity contribution in [2.75, 3.05) is 13.2 Å². The SMILES string of the molecule is C=CCC1OCCOC1CC. The first-order chi connectivity index (χ1) is 5.38. The molecule has 0 radical (unpaired) electrons. The van der Waals surface area contributed by atoms with Crippen LogP contribution in [0, 0.1) is 0 Å². The molecule has 11 heavy (non-hydrogen) atoms. The van der Waals surface area contributed by atoms with Crippen LogP contribution in [0.5, 0.6) is 0 Å². The van der Waals surface area contributed by atoms with Gasteiger partial charge < -0.3 is 9.47 Å². The Kier molecular flexibility index (Phi) is 3.60. The molecule has 2 unspecified atom stereocenters. The molecule has 0 amide bonds. The molecule has 0 spiro atoms. The summed E-state index contributed by atoms with van der Waals surface area (Å²) in [7, 11) is 0.